The summed E-state index contributed by atoms with van der Waals surface area (Å²) >= 11 is 1.73. The standard InChI is InChI=1S/C17H20N2OS/c1-2-21-16-9-4-3-8-15(16)19-17(20)11-10-13-6-5-7-14(18)12-13/h3-9,12H,2,10-11,18H2,1H3,(H,19,20). The first kappa shape index (κ1) is 15.4. The first-order chi connectivity index (χ1) is 10.2. The summed E-state index contributed by atoms with van der Waals surface area (Å²) in [5, 5.41) is 2.99. The van der Waals surface area contributed by atoms with Crippen molar-refractivity contribution in [3.63, 3.8) is 0 Å². The van der Waals surface area contributed by atoms with Crippen molar-refractivity contribution in [1.29, 1.82) is 0 Å². The van der Waals surface area contributed by atoms with E-state index in [1.165, 1.54) is 0 Å². The van der Waals surface area contributed by atoms with Crippen LogP contribution in [0.15, 0.2) is 53.4 Å². The van der Waals surface area contributed by atoms with Crippen LogP contribution in [0.5, 0.6) is 0 Å². The fourth-order valence-electron chi connectivity index (χ4n) is 2.07. The van der Waals surface area contributed by atoms with E-state index in [1.54, 1.807) is 11.8 Å². The van der Waals surface area contributed by atoms with Crippen molar-refractivity contribution in [2.45, 2.75) is 24.7 Å². The van der Waals surface area contributed by atoms with Gasteiger partial charge in [-0.25, -0.2) is 0 Å². The van der Waals surface area contributed by atoms with Gasteiger partial charge < -0.3 is 11.1 Å². The van der Waals surface area contributed by atoms with Crippen molar-refractivity contribution in [2.24, 2.45) is 0 Å². The van der Waals surface area contributed by atoms with Gasteiger partial charge in [0.2, 0.25) is 5.91 Å². The lowest BCUT2D eigenvalue weighted by Gasteiger charge is -2.10. The fraction of sp³-hybridized carbons (Fsp3) is 0.235. The number of nitrogen functional groups attached to an aromatic ring is 1. The Morgan fingerprint density at radius 3 is 2.76 bits per heavy atom. The summed E-state index contributed by atoms with van der Waals surface area (Å²) < 4.78 is 0. The number of aryl methyl sites for hydroxylation is 1. The maximum atomic E-state index is 12.1. The molecule has 0 aliphatic carbocycles. The third-order valence-electron chi connectivity index (χ3n) is 3.05. The summed E-state index contributed by atoms with van der Waals surface area (Å²) in [4.78, 5) is 13.2. The zero-order chi connectivity index (χ0) is 15.1. The minimum Gasteiger partial charge on any atom is -0.399 e. The van der Waals surface area contributed by atoms with Gasteiger partial charge in [-0.3, -0.25) is 4.79 Å². The molecular weight excluding hydrogens is 280 g/mol. The number of carbonyl (C=O) groups excluding carboxylic acids is 1. The van der Waals surface area contributed by atoms with Crippen molar-refractivity contribution in [2.75, 3.05) is 16.8 Å². The molecule has 1 amide bonds. The van der Waals surface area contributed by atoms with Crippen LogP contribution < -0.4 is 11.1 Å². The van der Waals surface area contributed by atoms with E-state index in [0.717, 1.165) is 27.6 Å². The van der Waals surface area contributed by atoms with Gasteiger partial charge >= 0.3 is 0 Å². The van der Waals surface area contributed by atoms with E-state index in [0.29, 0.717) is 12.8 Å². The third kappa shape index (κ3) is 4.83. The van der Waals surface area contributed by atoms with Crippen molar-refractivity contribution in [3.8, 4) is 0 Å². The monoisotopic (exact) mass is 300 g/mol. The molecule has 0 atom stereocenters. The zero-order valence-electron chi connectivity index (χ0n) is 12.1. The molecule has 0 saturated carbocycles. The molecular formula is C17H20N2OS. The number of hydrogen-bond acceptors (Lipinski definition) is 3. The van der Waals surface area contributed by atoms with Gasteiger partial charge in [0.05, 0.1) is 5.69 Å². The largest absolute Gasteiger partial charge is 0.399 e. The maximum Gasteiger partial charge on any atom is 0.224 e. The molecule has 0 aliphatic rings. The highest BCUT2D eigenvalue weighted by molar-refractivity contribution is 7.99. The van der Waals surface area contributed by atoms with Gasteiger partial charge in [0, 0.05) is 17.0 Å². The quantitative estimate of drug-likeness (QED) is 0.627. The van der Waals surface area contributed by atoms with E-state index in [-0.39, 0.29) is 5.91 Å². The molecule has 0 unspecified atom stereocenters. The van der Waals surface area contributed by atoms with Crippen molar-refractivity contribution in [1.82, 2.24) is 0 Å². The average Bonchev–Trinajstić information content (AvgIpc) is 2.48. The van der Waals surface area contributed by atoms with E-state index >= 15 is 0 Å². The van der Waals surface area contributed by atoms with Crippen LogP contribution in [-0.2, 0) is 11.2 Å². The van der Waals surface area contributed by atoms with Crippen LogP contribution in [0.1, 0.15) is 18.9 Å². The van der Waals surface area contributed by atoms with Crippen LogP contribution in [0.4, 0.5) is 11.4 Å². The Hall–Kier alpha value is -1.94. The van der Waals surface area contributed by atoms with Crippen LogP contribution in [0.3, 0.4) is 0 Å². The molecule has 0 spiro atoms. The lowest BCUT2D eigenvalue weighted by molar-refractivity contribution is -0.116. The Kier molecular flexibility index (Phi) is 5.69. The summed E-state index contributed by atoms with van der Waals surface area (Å²) in [6.45, 7) is 2.10. The molecule has 2 aromatic rings. The van der Waals surface area contributed by atoms with Crippen molar-refractivity contribution in [3.05, 3.63) is 54.1 Å². The minimum atomic E-state index is 0.0292. The smallest absolute Gasteiger partial charge is 0.224 e. The lowest BCUT2D eigenvalue weighted by atomic mass is 10.1. The fourth-order valence-corrected chi connectivity index (χ4v) is 2.83. The highest BCUT2D eigenvalue weighted by atomic mass is 32.2. The second kappa shape index (κ2) is 7.74. The minimum absolute atomic E-state index is 0.0292. The van der Waals surface area contributed by atoms with Gasteiger partial charge in [-0.05, 0) is 42.0 Å². The Morgan fingerprint density at radius 1 is 1.19 bits per heavy atom. The molecule has 2 rings (SSSR count). The Morgan fingerprint density at radius 2 is 2.00 bits per heavy atom. The molecule has 0 fully saturated rings. The molecule has 0 bridgehead atoms. The first-order valence-corrected chi connectivity index (χ1v) is 8.03. The Labute approximate surface area is 129 Å². The van der Waals surface area contributed by atoms with Crippen molar-refractivity contribution >= 4 is 29.0 Å². The normalized spacial score (nSPS) is 10.3. The topological polar surface area (TPSA) is 55.1 Å². The molecule has 3 nitrogen and oxygen atoms in total. The van der Waals surface area contributed by atoms with Gasteiger partial charge in [-0.1, -0.05) is 31.2 Å². The van der Waals surface area contributed by atoms with Gasteiger partial charge in [0.1, 0.15) is 0 Å². The second-order valence-corrected chi connectivity index (χ2v) is 6.03. The molecule has 0 saturated heterocycles. The number of benzene rings is 2. The summed E-state index contributed by atoms with van der Waals surface area (Å²) in [5.74, 6) is 1.01. The molecule has 2 aromatic carbocycles. The van der Waals surface area contributed by atoms with Gasteiger partial charge in [0.15, 0.2) is 0 Å². The SMILES string of the molecule is CCSc1ccccc1NC(=O)CCc1cccc(N)c1. The number of anilines is 2. The maximum absolute atomic E-state index is 12.1. The molecule has 3 N–H and O–H groups in total. The highest BCUT2D eigenvalue weighted by Gasteiger charge is 2.07. The molecule has 21 heavy (non-hydrogen) atoms. The van der Waals surface area contributed by atoms with Gasteiger partial charge in [0.25, 0.3) is 0 Å². The van der Waals surface area contributed by atoms with Crippen molar-refractivity contribution < 1.29 is 4.79 Å². The van der Waals surface area contributed by atoms with Gasteiger partial charge in [-0.15, -0.1) is 11.8 Å². The predicted octanol–water partition coefficient (Wildman–Crippen LogP) is 3.95. The second-order valence-electron chi connectivity index (χ2n) is 4.72. The van der Waals surface area contributed by atoms with E-state index < -0.39 is 0 Å². The molecule has 0 aromatic heterocycles. The van der Waals surface area contributed by atoms with Gasteiger partial charge in [-0.2, -0.15) is 0 Å². The zero-order valence-corrected chi connectivity index (χ0v) is 13.0. The summed E-state index contributed by atoms with van der Waals surface area (Å²) in [6, 6.07) is 15.6. The molecule has 0 heterocycles. The van der Waals surface area contributed by atoms with Crippen LogP contribution in [0.2, 0.25) is 0 Å². The van der Waals surface area contributed by atoms with E-state index in [1.807, 2.05) is 48.5 Å². The molecule has 110 valence electrons. The van der Waals surface area contributed by atoms with Crippen LogP contribution >= 0.6 is 11.8 Å². The summed E-state index contributed by atoms with van der Waals surface area (Å²) in [7, 11) is 0. The number of hydrogen-bond donors (Lipinski definition) is 2. The number of nitrogens with one attached hydrogen (secondary N) is 1. The Bertz CT molecular complexity index is 613. The van der Waals surface area contributed by atoms with E-state index in [9.17, 15) is 4.79 Å². The summed E-state index contributed by atoms with van der Waals surface area (Å²) in [5.41, 5.74) is 8.45. The van der Waals surface area contributed by atoms with Crippen LogP contribution in [0, 0.1) is 0 Å². The number of thioether (sulfide) groups is 1. The average molecular weight is 300 g/mol. The molecule has 4 heteroatoms. The number of para-hydroxylation sites is 1. The van der Waals surface area contributed by atoms with Crippen LogP contribution in [0.25, 0.3) is 0 Å². The number of rotatable bonds is 6. The first-order valence-electron chi connectivity index (χ1n) is 7.05. The van der Waals surface area contributed by atoms with E-state index in [4.69, 9.17) is 5.73 Å². The third-order valence-corrected chi connectivity index (χ3v) is 4.01. The number of carbonyl (C=O) groups is 1. The molecule has 0 aliphatic heterocycles. The van der Waals surface area contributed by atoms with E-state index in [2.05, 4.69) is 12.2 Å². The van der Waals surface area contributed by atoms with Crippen LogP contribution in [-0.4, -0.2) is 11.7 Å². The lowest BCUT2D eigenvalue weighted by Crippen LogP contribution is -2.13. The summed E-state index contributed by atoms with van der Waals surface area (Å²) in [6.07, 6.45) is 1.15. The number of nitrogens with two attached hydrogens (primary N) is 1. The Balaban J connectivity index is 1.93. The predicted molar refractivity (Wildman–Crippen MR) is 90.6 cm³/mol. The molecule has 0 radical (unpaired) electrons. The highest BCUT2D eigenvalue weighted by Crippen LogP contribution is 2.26. The number of amides is 1.